The average Bonchev–Trinajstić information content (AvgIpc) is 3.09. The van der Waals surface area contributed by atoms with Gasteiger partial charge in [-0.25, -0.2) is 4.39 Å². The monoisotopic (exact) mass is 328 g/mol. The molecule has 1 N–H and O–H groups in total. The summed E-state index contributed by atoms with van der Waals surface area (Å²) in [4.78, 5) is 15.0. The summed E-state index contributed by atoms with van der Waals surface area (Å²) in [7, 11) is 0. The molecule has 3 fully saturated rings. The van der Waals surface area contributed by atoms with E-state index in [0.29, 0.717) is 23.3 Å². The smallest absolute Gasteiger partial charge is 0.287 e. The Balaban J connectivity index is 1.51. The number of piperidine rings is 3. The molecule has 2 atom stereocenters. The number of nitrogens with one attached hydrogen (secondary N) is 1. The van der Waals surface area contributed by atoms with E-state index in [4.69, 9.17) is 4.42 Å². The summed E-state index contributed by atoms with van der Waals surface area (Å²) >= 11 is 0. The highest BCUT2D eigenvalue weighted by Gasteiger charge is 2.40. The first-order chi connectivity index (χ1) is 11.6. The molecular weight excluding hydrogens is 307 g/mol. The van der Waals surface area contributed by atoms with Crippen molar-refractivity contribution in [1.29, 1.82) is 0 Å². The van der Waals surface area contributed by atoms with E-state index in [1.54, 1.807) is 30.3 Å². The Kier molecular flexibility index (Phi) is 3.88. The van der Waals surface area contributed by atoms with Crippen LogP contribution >= 0.6 is 0 Å². The summed E-state index contributed by atoms with van der Waals surface area (Å²) < 4.78 is 19.4. The van der Waals surface area contributed by atoms with Gasteiger partial charge >= 0.3 is 0 Å². The topological polar surface area (TPSA) is 45.5 Å². The lowest BCUT2D eigenvalue weighted by atomic mass is 9.79. The van der Waals surface area contributed by atoms with Crippen molar-refractivity contribution < 1.29 is 13.6 Å². The lowest BCUT2D eigenvalue weighted by molar-refractivity contribution is 0.0211. The first-order valence-corrected chi connectivity index (χ1v) is 8.53. The van der Waals surface area contributed by atoms with Gasteiger partial charge in [-0.2, -0.15) is 0 Å². The van der Waals surface area contributed by atoms with Crippen LogP contribution in [0.25, 0.3) is 11.3 Å². The second-order valence-electron chi connectivity index (χ2n) is 6.76. The molecule has 1 aromatic heterocycles. The van der Waals surface area contributed by atoms with E-state index in [0.717, 1.165) is 25.9 Å². The third kappa shape index (κ3) is 2.63. The maximum absolute atomic E-state index is 13.8. The van der Waals surface area contributed by atoms with Gasteiger partial charge in [-0.15, -0.1) is 0 Å². The van der Waals surface area contributed by atoms with Gasteiger partial charge in [-0.05, 0) is 63.0 Å². The number of nitrogens with zero attached hydrogens (tertiary/aromatic N) is 1. The van der Waals surface area contributed by atoms with Crippen LogP contribution < -0.4 is 5.32 Å². The highest BCUT2D eigenvalue weighted by Crippen LogP contribution is 2.32. The number of fused-ring (bicyclic) bond motifs is 3. The quantitative estimate of drug-likeness (QED) is 0.940. The van der Waals surface area contributed by atoms with Gasteiger partial charge in [0.1, 0.15) is 11.6 Å². The van der Waals surface area contributed by atoms with Crippen LogP contribution in [0.1, 0.15) is 30.3 Å². The molecule has 126 valence electrons. The van der Waals surface area contributed by atoms with E-state index in [1.165, 1.54) is 6.07 Å². The molecule has 2 aromatic rings. The molecule has 1 amide bonds. The summed E-state index contributed by atoms with van der Waals surface area (Å²) in [5.74, 6) is 0.570. The number of halogens is 1. The Hall–Kier alpha value is -2.14. The van der Waals surface area contributed by atoms with E-state index in [1.807, 2.05) is 0 Å². The summed E-state index contributed by atoms with van der Waals surface area (Å²) in [6.07, 6.45) is 2.27. The molecule has 3 aliphatic rings. The fraction of sp³-hybridized carbons (Fsp3) is 0.421. The van der Waals surface area contributed by atoms with Crippen LogP contribution in [0.15, 0.2) is 40.8 Å². The van der Waals surface area contributed by atoms with Gasteiger partial charge in [0.15, 0.2) is 5.76 Å². The molecule has 24 heavy (non-hydrogen) atoms. The molecule has 0 radical (unpaired) electrons. The molecule has 1 aromatic carbocycles. The van der Waals surface area contributed by atoms with E-state index in [-0.39, 0.29) is 23.5 Å². The van der Waals surface area contributed by atoms with Gasteiger partial charge in [-0.1, -0.05) is 12.1 Å². The molecule has 4 heterocycles. The number of hydrogen-bond acceptors (Lipinski definition) is 3. The largest absolute Gasteiger partial charge is 0.451 e. The predicted molar refractivity (Wildman–Crippen MR) is 89.1 cm³/mol. The number of furan rings is 1. The molecule has 4 nitrogen and oxygen atoms in total. The van der Waals surface area contributed by atoms with Crippen LogP contribution in [0.3, 0.4) is 0 Å². The van der Waals surface area contributed by atoms with Gasteiger partial charge in [0.25, 0.3) is 5.91 Å². The third-order valence-electron chi connectivity index (χ3n) is 5.44. The van der Waals surface area contributed by atoms with Crippen LogP contribution in [-0.4, -0.2) is 36.0 Å². The normalized spacial score (nSPS) is 28.8. The van der Waals surface area contributed by atoms with Gasteiger partial charge in [0, 0.05) is 12.1 Å². The molecule has 3 saturated heterocycles. The van der Waals surface area contributed by atoms with E-state index in [9.17, 15) is 9.18 Å². The van der Waals surface area contributed by atoms with Crippen LogP contribution in [0, 0.1) is 11.7 Å². The SMILES string of the molecule is CC1C(NC(=O)c2ccc(-c3ccccc3F)o2)C2CCN1CC2. The van der Waals surface area contributed by atoms with Crippen molar-refractivity contribution in [1.82, 2.24) is 10.2 Å². The Morgan fingerprint density at radius 3 is 2.67 bits per heavy atom. The minimum atomic E-state index is -0.357. The number of rotatable bonds is 3. The Morgan fingerprint density at radius 1 is 1.21 bits per heavy atom. The van der Waals surface area contributed by atoms with Gasteiger partial charge < -0.3 is 9.73 Å². The lowest BCUT2D eigenvalue weighted by Crippen LogP contribution is -2.62. The lowest BCUT2D eigenvalue weighted by Gasteiger charge is -2.49. The molecule has 0 aliphatic carbocycles. The fourth-order valence-corrected chi connectivity index (χ4v) is 4.03. The van der Waals surface area contributed by atoms with Gasteiger partial charge in [0.05, 0.1) is 5.56 Å². The molecule has 2 bridgehead atoms. The number of carbonyl (C=O) groups is 1. The number of benzene rings is 1. The molecule has 0 saturated carbocycles. The van der Waals surface area contributed by atoms with Crippen molar-refractivity contribution in [2.24, 2.45) is 5.92 Å². The summed E-state index contributed by atoms with van der Waals surface area (Å²) in [6, 6.07) is 10.2. The van der Waals surface area contributed by atoms with E-state index >= 15 is 0 Å². The summed E-state index contributed by atoms with van der Waals surface area (Å²) in [6.45, 7) is 4.41. The predicted octanol–water partition coefficient (Wildman–Crippen LogP) is 3.30. The van der Waals surface area contributed by atoms with Crippen molar-refractivity contribution in [3.05, 3.63) is 48.0 Å². The molecular formula is C19H21FN2O2. The van der Waals surface area contributed by atoms with Crippen LogP contribution in [0.5, 0.6) is 0 Å². The zero-order valence-electron chi connectivity index (χ0n) is 13.7. The average molecular weight is 328 g/mol. The van der Waals surface area contributed by atoms with Gasteiger partial charge in [0.2, 0.25) is 0 Å². The molecule has 2 unspecified atom stereocenters. The maximum Gasteiger partial charge on any atom is 0.287 e. The van der Waals surface area contributed by atoms with Crippen molar-refractivity contribution in [3.8, 4) is 11.3 Å². The molecule has 5 heteroatoms. The first kappa shape index (κ1) is 15.4. The minimum absolute atomic E-state index is 0.155. The number of hydrogen-bond donors (Lipinski definition) is 1. The first-order valence-electron chi connectivity index (χ1n) is 8.53. The third-order valence-corrected chi connectivity index (χ3v) is 5.44. The van der Waals surface area contributed by atoms with Crippen LogP contribution in [0.2, 0.25) is 0 Å². The maximum atomic E-state index is 13.8. The highest BCUT2D eigenvalue weighted by molar-refractivity contribution is 5.92. The number of amides is 1. The summed E-state index contributed by atoms with van der Waals surface area (Å²) in [5, 5.41) is 3.13. The Morgan fingerprint density at radius 2 is 1.96 bits per heavy atom. The Bertz CT molecular complexity index is 747. The molecule has 3 aliphatic heterocycles. The van der Waals surface area contributed by atoms with E-state index in [2.05, 4.69) is 17.1 Å². The zero-order chi connectivity index (χ0) is 16.7. The van der Waals surface area contributed by atoms with Crippen molar-refractivity contribution in [3.63, 3.8) is 0 Å². The molecule has 0 spiro atoms. The molecule has 5 rings (SSSR count). The standard InChI is InChI=1S/C19H21FN2O2/c1-12-18(13-8-10-22(12)11-9-13)21-19(23)17-7-6-16(24-17)14-4-2-3-5-15(14)20/h2-7,12-13,18H,8-11H2,1H3,(H,21,23). The second-order valence-corrected chi connectivity index (χ2v) is 6.76. The summed E-state index contributed by atoms with van der Waals surface area (Å²) in [5.41, 5.74) is 0.368. The van der Waals surface area contributed by atoms with Crippen molar-refractivity contribution >= 4 is 5.91 Å². The Labute approximate surface area is 140 Å². The van der Waals surface area contributed by atoms with E-state index < -0.39 is 0 Å². The van der Waals surface area contributed by atoms with Gasteiger partial charge in [-0.3, -0.25) is 9.69 Å². The van der Waals surface area contributed by atoms with Crippen molar-refractivity contribution in [2.75, 3.05) is 13.1 Å². The van der Waals surface area contributed by atoms with Crippen molar-refractivity contribution in [2.45, 2.75) is 31.8 Å². The fourth-order valence-electron chi connectivity index (χ4n) is 4.03. The van der Waals surface area contributed by atoms with Crippen LogP contribution in [-0.2, 0) is 0 Å². The van der Waals surface area contributed by atoms with Crippen LogP contribution in [0.4, 0.5) is 4.39 Å². The highest BCUT2D eigenvalue weighted by atomic mass is 19.1. The zero-order valence-corrected chi connectivity index (χ0v) is 13.7. The second kappa shape index (κ2) is 6.06. The minimum Gasteiger partial charge on any atom is -0.451 e. The number of carbonyl (C=O) groups excluding carboxylic acids is 1.